The quantitative estimate of drug-likeness (QED) is 0.675. The summed E-state index contributed by atoms with van der Waals surface area (Å²) in [6.07, 6.45) is 0.119. The van der Waals surface area contributed by atoms with Crippen LogP contribution in [0.5, 0.6) is 0 Å². The predicted molar refractivity (Wildman–Crippen MR) is 98.1 cm³/mol. The number of hydrogen-bond donors (Lipinski definition) is 1. The first-order valence-electron chi connectivity index (χ1n) is 8.28. The summed E-state index contributed by atoms with van der Waals surface area (Å²) in [5.74, 6) is -0.917. The number of nitro benzene ring substituents is 1. The zero-order chi connectivity index (χ0) is 18.8. The fourth-order valence-corrected chi connectivity index (χ4v) is 2.99. The van der Waals surface area contributed by atoms with Crippen molar-refractivity contribution in [3.05, 3.63) is 63.7 Å². The highest BCUT2D eigenvalue weighted by atomic mass is 16.6. The molecule has 0 aromatic heterocycles. The Balaban J connectivity index is 1.71. The fourth-order valence-electron chi connectivity index (χ4n) is 2.99. The van der Waals surface area contributed by atoms with Gasteiger partial charge >= 0.3 is 0 Å². The first kappa shape index (κ1) is 17.6. The molecule has 1 N–H and O–H groups in total. The van der Waals surface area contributed by atoms with Gasteiger partial charge in [0.1, 0.15) is 0 Å². The van der Waals surface area contributed by atoms with Gasteiger partial charge in [-0.25, -0.2) is 0 Å². The lowest BCUT2D eigenvalue weighted by Gasteiger charge is -2.17. The predicted octanol–water partition coefficient (Wildman–Crippen LogP) is 3.20. The molecule has 1 heterocycles. The van der Waals surface area contributed by atoms with Crippen LogP contribution >= 0.6 is 0 Å². The molecular formula is C19H19N3O4. The van der Waals surface area contributed by atoms with Crippen LogP contribution in [0, 0.1) is 29.9 Å². The van der Waals surface area contributed by atoms with E-state index in [0.717, 1.165) is 11.3 Å². The molecule has 3 rings (SSSR count). The molecule has 0 spiro atoms. The first-order valence-corrected chi connectivity index (χ1v) is 8.28. The van der Waals surface area contributed by atoms with E-state index in [9.17, 15) is 19.7 Å². The number of benzene rings is 2. The van der Waals surface area contributed by atoms with Crippen molar-refractivity contribution in [2.75, 3.05) is 16.8 Å². The van der Waals surface area contributed by atoms with E-state index in [0.29, 0.717) is 17.8 Å². The van der Waals surface area contributed by atoms with Crippen LogP contribution in [0.3, 0.4) is 0 Å². The molecule has 2 amide bonds. The van der Waals surface area contributed by atoms with Crippen LogP contribution in [0.15, 0.2) is 42.5 Å². The smallest absolute Gasteiger partial charge is 0.274 e. The first-order chi connectivity index (χ1) is 12.3. The third-order valence-electron chi connectivity index (χ3n) is 4.51. The number of aryl methyl sites for hydroxylation is 2. The van der Waals surface area contributed by atoms with Crippen molar-refractivity contribution in [2.45, 2.75) is 20.3 Å². The van der Waals surface area contributed by atoms with Crippen molar-refractivity contribution in [1.29, 1.82) is 0 Å². The van der Waals surface area contributed by atoms with Gasteiger partial charge in [0.15, 0.2) is 0 Å². The lowest BCUT2D eigenvalue weighted by atomic mass is 10.1. The van der Waals surface area contributed by atoms with Crippen molar-refractivity contribution in [3.8, 4) is 0 Å². The summed E-state index contributed by atoms with van der Waals surface area (Å²) in [6.45, 7) is 3.90. The zero-order valence-electron chi connectivity index (χ0n) is 14.6. The van der Waals surface area contributed by atoms with Gasteiger partial charge in [0, 0.05) is 36.0 Å². The highest BCUT2D eigenvalue weighted by molar-refractivity contribution is 6.03. The van der Waals surface area contributed by atoms with Crippen molar-refractivity contribution < 1.29 is 14.5 Å². The summed E-state index contributed by atoms with van der Waals surface area (Å²) < 4.78 is 0. The molecule has 2 aromatic carbocycles. The van der Waals surface area contributed by atoms with Crippen molar-refractivity contribution in [2.24, 2.45) is 5.92 Å². The molecule has 2 aromatic rings. The molecule has 0 aliphatic carbocycles. The van der Waals surface area contributed by atoms with E-state index in [-0.39, 0.29) is 23.9 Å². The van der Waals surface area contributed by atoms with Gasteiger partial charge in [0.05, 0.1) is 10.8 Å². The third kappa shape index (κ3) is 3.56. The summed E-state index contributed by atoms with van der Waals surface area (Å²) in [5, 5.41) is 13.7. The molecule has 1 fully saturated rings. The second-order valence-electron chi connectivity index (χ2n) is 6.49. The maximum Gasteiger partial charge on any atom is 0.274 e. The molecule has 0 radical (unpaired) electrons. The molecule has 134 valence electrons. The van der Waals surface area contributed by atoms with E-state index in [1.54, 1.807) is 24.0 Å². The van der Waals surface area contributed by atoms with Crippen LogP contribution in [-0.2, 0) is 9.59 Å². The Kier molecular flexibility index (Phi) is 4.71. The Morgan fingerprint density at radius 3 is 2.54 bits per heavy atom. The Morgan fingerprint density at radius 2 is 1.88 bits per heavy atom. The molecule has 26 heavy (non-hydrogen) atoms. The number of nitrogens with one attached hydrogen (secondary N) is 1. The number of nitrogens with zero attached hydrogens (tertiary/aromatic N) is 2. The number of hydrogen-bond acceptors (Lipinski definition) is 4. The van der Waals surface area contributed by atoms with Crippen molar-refractivity contribution in [3.63, 3.8) is 0 Å². The van der Waals surface area contributed by atoms with E-state index in [4.69, 9.17) is 0 Å². The van der Waals surface area contributed by atoms with Crippen LogP contribution in [-0.4, -0.2) is 23.3 Å². The minimum absolute atomic E-state index is 0.0495. The number of carbonyl (C=O) groups is 2. The van der Waals surface area contributed by atoms with Crippen molar-refractivity contribution in [1.82, 2.24) is 0 Å². The lowest BCUT2D eigenvalue weighted by molar-refractivity contribution is -0.385. The van der Waals surface area contributed by atoms with Gasteiger partial charge in [-0.2, -0.15) is 0 Å². The SMILES string of the molecule is Cc1ccc(N2C[C@H](C(=O)Nc3ccc(C)c([N+](=O)[O-])c3)CC2=O)cc1. The van der Waals surface area contributed by atoms with Gasteiger partial charge < -0.3 is 10.2 Å². The maximum atomic E-state index is 12.5. The molecule has 1 saturated heterocycles. The summed E-state index contributed by atoms with van der Waals surface area (Å²) in [7, 11) is 0. The molecular weight excluding hydrogens is 334 g/mol. The van der Waals surface area contributed by atoms with Crippen LogP contribution in [0.25, 0.3) is 0 Å². The van der Waals surface area contributed by atoms with Gasteiger partial charge in [0.2, 0.25) is 11.8 Å². The molecule has 0 saturated carbocycles. The normalized spacial score (nSPS) is 16.6. The number of carbonyl (C=O) groups excluding carboxylic acids is 2. The van der Waals surface area contributed by atoms with Crippen LogP contribution < -0.4 is 10.2 Å². The molecule has 1 aliphatic rings. The maximum absolute atomic E-state index is 12.5. The van der Waals surface area contributed by atoms with Gasteiger partial charge in [-0.1, -0.05) is 23.8 Å². The fraction of sp³-hybridized carbons (Fsp3) is 0.263. The average molecular weight is 353 g/mol. The van der Waals surface area contributed by atoms with Crippen LogP contribution in [0.4, 0.5) is 17.1 Å². The average Bonchev–Trinajstić information content (AvgIpc) is 2.99. The van der Waals surface area contributed by atoms with Crippen LogP contribution in [0.2, 0.25) is 0 Å². The second-order valence-corrected chi connectivity index (χ2v) is 6.49. The molecule has 7 nitrogen and oxygen atoms in total. The standard InChI is InChI=1S/C19H19N3O4/c1-12-3-7-16(8-4-12)21-11-14(9-18(21)23)19(24)20-15-6-5-13(2)17(10-15)22(25)26/h3-8,10,14H,9,11H2,1-2H3,(H,20,24)/t14-/m1/s1. The number of nitro groups is 1. The van der Waals surface area contributed by atoms with Gasteiger partial charge in [0.25, 0.3) is 5.69 Å². The van der Waals surface area contributed by atoms with Gasteiger partial charge in [-0.15, -0.1) is 0 Å². The summed E-state index contributed by atoms with van der Waals surface area (Å²) in [4.78, 5) is 36.9. The monoisotopic (exact) mass is 353 g/mol. The van der Waals surface area contributed by atoms with Gasteiger partial charge in [-0.05, 0) is 32.0 Å². The summed E-state index contributed by atoms with van der Waals surface area (Å²) >= 11 is 0. The number of anilines is 2. The van der Waals surface area contributed by atoms with Crippen LogP contribution in [0.1, 0.15) is 17.5 Å². The molecule has 0 bridgehead atoms. The van der Waals surface area contributed by atoms with Gasteiger partial charge in [-0.3, -0.25) is 19.7 Å². The van der Waals surface area contributed by atoms with E-state index < -0.39 is 10.8 Å². The minimum atomic E-state index is -0.496. The highest BCUT2D eigenvalue weighted by Gasteiger charge is 2.35. The Hall–Kier alpha value is -3.22. The van der Waals surface area contributed by atoms with E-state index in [2.05, 4.69) is 5.32 Å². The topological polar surface area (TPSA) is 92.6 Å². The highest BCUT2D eigenvalue weighted by Crippen LogP contribution is 2.27. The summed E-state index contributed by atoms with van der Waals surface area (Å²) in [6, 6.07) is 12.1. The van der Waals surface area contributed by atoms with E-state index >= 15 is 0 Å². The van der Waals surface area contributed by atoms with E-state index in [1.807, 2.05) is 31.2 Å². The number of amides is 2. The minimum Gasteiger partial charge on any atom is -0.326 e. The Labute approximate surface area is 150 Å². The molecule has 1 aliphatic heterocycles. The third-order valence-corrected chi connectivity index (χ3v) is 4.51. The molecule has 0 unspecified atom stereocenters. The zero-order valence-corrected chi connectivity index (χ0v) is 14.6. The molecule has 7 heteroatoms. The molecule has 1 atom stereocenters. The van der Waals surface area contributed by atoms with Crippen molar-refractivity contribution >= 4 is 28.9 Å². The summed E-state index contributed by atoms with van der Waals surface area (Å²) in [5.41, 5.74) is 2.69. The number of rotatable bonds is 4. The Bertz CT molecular complexity index is 877. The van der Waals surface area contributed by atoms with E-state index in [1.165, 1.54) is 6.07 Å². The Morgan fingerprint density at radius 1 is 1.19 bits per heavy atom. The lowest BCUT2D eigenvalue weighted by Crippen LogP contribution is -2.28. The largest absolute Gasteiger partial charge is 0.326 e. The second kappa shape index (κ2) is 6.95.